The Labute approximate surface area is 110 Å². The van der Waals surface area contributed by atoms with Crippen molar-refractivity contribution in [3.63, 3.8) is 0 Å². The molecule has 3 nitrogen and oxygen atoms in total. The molecule has 19 heavy (non-hydrogen) atoms. The summed E-state index contributed by atoms with van der Waals surface area (Å²) in [4.78, 5) is 15.2. The fourth-order valence-electron chi connectivity index (χ4n) is 2.51. The standard InChI is InChI=1S/C15H14FNO2/c16-15-11(9-18)1-3-14-12(15)2-4-13(17-14)10-5-7-19-8-6-10/h1-4,9-10H,5-8H2. The topological polar surface area (TPSA) is 39.2 Å². The first-order valence-electron chi connectivity index (χ1n) is 6.41. The monoisotopic (exact) mass is 259 g/mol. The Morgan fingerprint density at radius 2 is 2.00 bits per heavy atom. The van der Waals surface area contributed by atoms with Crippen LogP contribution in [0.1, 0.15) is 34.8 Å². The van der Waals surface area contributed by atoms with Crippen LogP contribution >= 0.6 is 0 Å². The molecule has 0 bridgehead atoms. The Morgan fingerprint density at radius 3 is 2.74 bits per heavy atom. The van der Waals surface area contributed by atoms with E-state index in [4.69, 9.17) is 4.74 Å². The van der Waals surface area contributed by atoms with Gasteiger partial charge < -0.3 is 4.74 Å². The number of hydrogen-bond donors (Lipinski definition) is 0. The van der Waals surface area contributed by atoms with Gasteiger partial charge in [0, 0.05) is 30.2 Å². The quantitative estimate of drug-likeness (QED) is 0.778. The van der Waals surface area contributed by atoms with Crippen molar-refractivity contribution < 1.29 is 13.9 Å². The highest BCUT2D eigenvalue weighted by atomic mass is 19.1. The van der Waals surface area contributed by atoms with Gasteiger partial charge in [0.2, 0.25) is 0 Å². The highest BCUT2D eigenvalue weighted by Gasteiger charge is 2.18. The minimum Gasteiger partial charge on any atom is -0.381 e. The molecule has 0 unspecified atom stereocenters. The van der Waals surface area contributed by atoms with E-state index in [9.17, 15) is 9.18 Å². The van der Waals surface area contributed by atoms with E-state index in [1.54, 1.807) is 12.1 Å². The van der Waals surface area contributed by atoms with Gasteiger partial charge in [-0.05, 0) is 37.1 Å². The number of carbonyl (C=O) groups is 1. The van der Waals surface area contributed by atoms with Crippen LogP contribution in [-0.4, -0.2) is 24.5 Å². The van der Waals surface area contributed by atoms with Crippen molar-refractivity contribution in [1.29, 1.82) is 0 Å². The van der Waals surface area contributed by atoms with Gasteiger partial charge in [0.05, 0.1) is 11.1 Å². The molecule has 1 aliphatic heterocycles. The molecule has 0 aliphatic carbocycles. The normalized spacial score (nSPS) is 16.7. The SMILES string of the molecule is O=Cc1ccc2nc(C3CCOCC3)ccc2c1F. The maximum atomic E-state index is 14.0. The van der Waals surface area contributed by atoms with Crippen molar-refractivity contribution in [1.82, 2.24) is 4.98 Å². The number of ether oxygens (including phenoxy) is 1. The summed E-state index contributed by atoms with van der Waals surface area (Å²) in [5, 5.41) is 0.403. The molecule has 0 amide bonds. The molecule has 4 heteroatoms. The number of nitrogens with zero attached hydrogens (tertiary/aromatic N) is 1. The van der Waals surface area contributed by atoms with Crippen LogP contribution in [-0.2, 0) is 4.74 Å². The lowest BCUT2D eigenvalue weighted by Gasteiger charge is -2.21. The van der Waals surface area contributed by atoms with Gasteiger partial charge in [-0.3, -0.25) is 9.78 Å². The highest BCUT2D eigenvalue weighted by Crippen LogP contribution is 2.28. The molecular formula is C15H14FNO2. The smallest absolute Gasteiger partial charge is 0.153 e. The Morgan fingerprint density at radius 1 is 1.21 bits per heavy atom. The second-order valence-electron chi connectivity index (χ2n) is 4.78. The molecule has 0 radical (unpaired) electrons. The second kappa shape index (κ2) is 5.05. The number of carbonyl (C=O) groups excluding carboxylic acids is 1. The van der Waals surface area contributed by atoms with Gasteiger partial charge >= 0.3 is 0 Å². The van der Waals surface area contributed by atoms with Crippen molar-refractivity contribution in [2.24, 2.45) is 0 Å². The number of pyridine rings is 1. The molecule has 0 spiro atoms. The number of aromatic nitrogens is 1. The molecule has 1 aromatic carbocycles. The predicted octanol–water partition coefficient (Wildman–Crippen LogP) is 3.08. The highest BCUT2D eigenvalue weighted by molar-refractivity contribution is 5.87. The molecule has 1 aromatic heterocycles. The summed E-state index contributed by atoms with van der Waals surface area (Å²) in [6.07, 6.45) is 2.43. The van der Waals surface area contributed by atoms with Crippen LogP contribution in [0.2, 0.25) is 0 Å². The zero-order valence-corrected chi connectivity index (χ0v) is 10.4. The van der Waals surface area contributed by atoms with Crippen molar-refractivity contribution in [3.8, 4) is 0 Å². The van der Waals surface area contributed by atoms with Crippen LogP contribution in [0, 0.1) is 5.82 Å². The van der Waals surface area contributed by atoms with Crippen LogP contribution in [0.15, 0.2) is 24.3 Å². The Bertz CT molecular complexity index is 621. The summed E-state index contributed by atoms with van der Waals surface area (Å²) in [6, 6.07) is 6.75. The van der Waals surface area contributed by atoms with E-state index in [0.29, 0.717) is 23.1 Å². The molecule has 98 valence electrons. The molecule has 0 N–H and O–H groups in total. The molecule has 0 saturated carbocycles. The minimum absolute atomic E-state index is 0.0770. The van der Waals surface area contributed by atoms with Gasteiger partial charge in [0.1, 0.15) is 5.82 Å². The third-order valence-electron chi connectivity index (χ3n) is 3.62. The molecular weight excluding hydrogens is 245 g/mol. The summed E-state index contributed by atoms with van der Waals surface area (Å²) in [5.41, 5.74) is 1.66. The average Bonchev–Trinajstić information content (AvgIpc) is 2.48. The largest absolute Gasteiger partial charge is 0.381 e. The summed E-state index contributed by atoms with van der Waals surface area (Å²) in [7, 11) is 0. The van der Waals surface area contributed by atoms with Crippen LogP contribution < -0.4 is 0 Å². The summed E-state index contributed by atoms with van der Waals surface area (Å²) >= 11 is 0. The lowest BCUT2D eigenvalue weighted by Crippen LogP contribution is -2.15. The van der Waals surface area contributed by atoms with Crippen LogP contribution in [0.25, 0.3) is 10.9 Å². The number of fused-ring (bicyclic) bond motifs is 1. The summed E-state index contributed by atoms with van der Waals surface area (Å²) in [5.74, 6) is -0.106. The fourth-order valence-corrected chi connectivity index (χ4v) is 2.51. The third kappa shape index (κ3) is 2.24. The van der Waals surface area contributed by atoms with Gasteiger partial charge in [-0.1, -0.05) is 0 Å². The van der Waals surface area contributed by atoms with E-state index in [1.165, 1.54) is 6.07 Å². The Kier molecular flexibility index (Phi) is 3.25. The second-order valence-corrected chi connectivity index (χ2v) is 4.78. The minimum atomic E-state index is -0.487. The van der Waals surface area contributed by atoms with E-state index in [2.05, 4.69) is 4.98 Å². The summed E-state index contributed by atoms with van der Waals surface area (Å²) in [6.45, 7) is 1.51. The van der Waals surface area contributed by atoms with E-state index in [1.807, 2.05) is 6.07 Å². The van der Waals surface area contributed by atoms with Crippen LogP contribution in [0.3, 0.4) is 0 Å². The average molecular weight is 259 g/mol. The van der Waals surface area contributed by atoms with E-state index in [0.717, 1.165) is 31.7 Å². The Hall–Kier alpha value is -1.81. The van der Waals surface area contributed by atoms with Gasteiger partial charge in [0.15, 0.2) is 6.29 Å². The van der Waals surface area contributed by atoms with Crippen LogP contribution in [0.4, 0.5) is 4.39 Å². The zero-order valence-electron chi connectivity index (χ0n) is 10.4. The molecule has 3 rings (SSSR count). The van der Waals surface area contributed by atoms with Crippen molar-refractivity contribution >= 4 is 17.2 Å². The maximum Gasteiger partial charge on any atom is 0.153 e. The molecule has 2 heterocycles. The van der Waals surface area contributed by atoms with Crippen molar-refractivity contribution in [3.05, 3.63) is 41.3 Å². The first-order chi connectivity index (χ1) is 9.29. The number of benzene rings is 1. The van der Waals surface area contributed by atoms with Gasteiger partial charge in [-0.25, -0.2) is 4.39 Å². The summed E-state index contributed by atoms with van der Waals surface area (Å²) < 4.78 is 19.3. The third-order valence-corrected chi connectivity index (χ3v) is 3.62. The number of rotatable bonds is 2. The van der Waals surface area contributed by atoms with Gasteiger partial charge in [0.25, 0.3) is 0 Å². The molecule has 1 aliphatic rings. The van der Waals surface area contributed by atoms with Crippen molar-refractivity contribution in [2.75, 3.05) is 13.2 Å². The molecule has 1 fully saturated rings. The molecule has 2 aromatic rings. The van der Waals surface area contributed by atoms with Gasteiger partial charge in [-0.15, -0.1) is 0 Å². The first kappa shape index (κ1) is 12.2. The van der Waals surface area contributed by atoms with Crippen LogP contribution in [0.5, 0.6) is 0 Å². The Balaban J connectivity index is 2.04. The first-order valence-corrected chi connectivity index (χ1v) is 6.41. The van der Waals surface area contributed by atoms with E-state index in [-0.39, 0.29) is 5.56 Å². The maximum absolute atomic E-state index is 14.0. The number of aldehydes is 1. The lowest BCUT2D eigenvalue weighted by atomic mass is 9.95. The fraction of sp³-hybridized carbons (Fsp3) is 0.333. The predicted molar refractivity (Wildman–Crippen MR) is 69.9 cm³/mol. The molecule has 0 atom stereocenters. The van der Waals surface area contributed by atoms with Gasteiger partial charge in [-0.2, -0.15) is 0 Å². The van der Waals surface area contributed by atoms with E-state index >= 15 is 0 Å². The zero-order chi connectivity index (χ0) is 13.2. The number of halogens is 1. The number of hydrogen-bond acceptors (Lipinski definition) is 3. The van der Waals surface area contributed by atoms with Crippen molar-refractivity contribution in [2.45, 2.75) is 18.8 Å². The lowest BCUT2D eigenvalue weighted by molar-refractivity contribution is 0.0845. The molecule has 1 saturated heterocycles. The van der Waals surface area contributed by atoms with E-state index < -0.39 is 5.82 Å².